The quantitative estimate of drug-likeness (QED) is 0.739. The SMILES string of the molecule is C=C1CC(O)c2cc(OC)ccc2O1. The maximum absolute atomic E-state index is 9.76. The highest BCUT2D eigenvalue weighted by Gasteiger charge is 2.22. The maximum Gasteiger partial charge on any atom is 0.132 e. The van der Waals surface area contributed by atoms with E-state index in [1.807, 2.05) is 0 Å². The molecule has 14 heavy (non-hydrogen) atoms. The molecule has 0 bridgehead atoms. The van der Waals surface area contributed by atoms with E-state index in [2.05, 4.69) is 6.58 Å². The van der Waals surface area contributed by atoms with Gasteiger partial charge in [-0.1, -0.05) is 6.58 Å². The third-order valence-corrected chi connectivity index (χ3v) is 2.25. The van der Waals surface area contributed by atoms with Gasteiger partial charge in [0.05, 0.1) is 19.0 Å². The number of hydrogen-bond acceptors (Lipinski definition) is 3. The molecular weight excluding hydrogens is 180 g/mol. The zero-order chi connectivity index (χ0) is 10.1. The van der Waals surface area contributed by atoms with Gasteiger partial charge in [-0.15, -0.1) is 0 Å². The van der Waals surface area contributed by atoms with Crippen LogP contribution >= 0.6 is 0 Å². The van der Waals surface area contributed by atoms with Gasteiger partial charge in [-0.25, -0.2) is 0 Å². The van der Waals surface area contributed by atoms with Crippen LogP contribution in [-0.2, 0) is 0 Å². The Kier molecular flexibility index (Phi) is 2.17. The van der Waals surface area contributed by atoms with E-state index in [4.69, 9.17) is 9.47 Å². The monoisotopic (exact) mass is 192 g/mol. The molecule has 1 unspecified atom stereocenters. The molecular formula is C11H12O3. The zero-order valence-electron chi connectivity index (χ0n) is 7.99. The molecule has 1 heterocycles. The predicted molar refractivity (Wildman–Crippen MR) is 52.3 cm³/mol. The van der Waals surface area contributed by atoms with Gasteiger partial charge < -0.3 is 14.6 Å². The Bertz CT molecular complexity index is 371. The second-order valence-corrected chi connectivity index (χ2v) is 3.26. The smallest absolute Gasteiger partial charge is 0.132 e. The summed E-state index contributed by atoms with van der Waals surface area (Å²) < 4.78 is 10.5. The van der Waals surface area contributed by atoms with Crippen molar-refractivity contribution >= 4 is 0 Å². The Balaban J connectivity index is 2.44. The molecule has 0 aromatic heterocycles. The number of fused-ring (bicyclic) bond motifs is 1. The molecule has 0 amide bonds. The van der Waals surface area contributed by atoms with E-state index in [0.29, 0.717) is 17.9 Å². The molecule has 1 aliphatic heterocycles. The summed E-state index contributed by atoms with van der Waals surface area (Å²) in [5.41, 5.74) is 0.761. The van der Waals surface area contributed by atoms with Crippen LogP contribution in [0.2, 0.25) is 0 Å². The third-order valence-electron chi connectivity index (χ3n) is 2.25. The van der Waals surface area contributed by atoms with Crippen LogP contribution in [0.15, 0.2) is 30.5 Å². The lowest BCUT2D eigenvalue weighted by atomic mass is 10.0. The molecule has 3 heteroatoms. The largest absolute Gasteiger partial charge is 0.497 e. The van der Waals surface area contributed by atoms with Crippen LogP contribution < -0.4 is 9.47 Å². The molecule has 1 aliphatic rings. The number of ether oxygens (including phenoxy) is 2. The number of rotatable bonds is 1. The van der Waals surface area contributed by atoms with Crippen molar-refractivity contribution in [3.05, 3.63) is 36.1 Å². The Morgan fingerprint density at radius 2 is 2.36 bits per heavy atom. The average Bonchev–Trinajstić information content (AvgIpc) is 2.17. The molecule has 0 radical (unpaired) electrons. The first-order chi connectivity index (χ1) is 6.70. The molecule has 74 valence electrons. The van der Waals surface area contributed by atoms with E-state index in [1.165, 1.54) is 0 Å². The molecule has 1 atom stereocenters. The van der Waals surface area contributed by atoms with Crippen molar-refractivity contribution in [2.45, 2.75) is 12.5 Å². The maximum atomic E-state index is 9.76. The van der Waals surface area contributed by atoms with E-state index < -0.39 is 6.10 Å². The summed E-state index contributed by atoms with van der Waals surface area (Å²) in [5.74, 6) is 1.98. The molecule has 0 saturated heterocycles. The van der Waals surface area contributed by atoms with Crippen LogP contribution in [-0.4, -0.2) is 12.2 Å². The van der Waals surface area contributed by atoms with Crippen LogP contribution in [0.4, 0.5) is 0 Å². The van der Waals surface area contributed by atoms with Gasteiger partial charge in [0, 0.05) is 12.0 Å². The number of aliphatic hydroxyl groups is 1. The second-order valence-electron chi connectivity index (χ2n) is 3.26. The van der Waals surface area contributed by atoms with Crippen molar-refractivity contribution in [2.24, 2.45) is 0 Å². The first-order valence-corrected chi connectivity index (χ1v) is 4.42. The molecule has 2 rings (SSSR count). The van der Waals surface area contributed by atoms with Gasteiger partial charge in [-0.05, 0) is 18.2 Å². The number of hydrogen-bond donors (Lipinski definition) is 1. The van der Waals surface area contributed by atoms with Crippen LogP contribution in [0, 0.1) is 0 Å². The summed E-state index contributed by atoms with van der Waals surface area (Å²) in [7, 11) is 1.59. The van der Waals surface area contributed by atoms with E-state index in [-0.39, 0.29) is 0 Å². The zero-order valence-corrected chi connectivity index (χ0v) is 7.99. The summed E-state index contributed by atoms with van der Waals surface area (Å²) in [4.78, 5) is 0. The van der Waals surface area contributed by atoms with Crippen molar-refractivity contribution in [2.75, 3.05) is 7.11 Å². The highest BCUT2D eigenvalue weighted by molar-refractivity contribution is 5.44. The Morgan fingerprint density at radius 1 is 1.57 bits per heavy atom. The van der Waals surface area contributed by atoms with Gasteiger partial charge in [0.2, 0.25) is 0 Å². The van der Waals surface area contributed by atoms with Gasteiger partial charge in [0.15, 0.2) is 0 Å². The van der Waals surface area contributed by atoms with Crippen molar-refractivity contribution < 1.29 is 14.6 Å². The highest BCUT2D eigenvalue weighted by Crippen LogP contribution is 2.37. The molecule has 1 N–H and O–H groups in total. The van der Waals surface area contributed by atoms with Gasteiger partial charge >= 0.3 is 0 Å². The average molecular weight is 192 g/mol. The summed E-state index contributed by atoms with van der Waals surface area (Å²) in [6.45, 7) is 3.69. The Labute approximate surface area is 82.6 Å². The second kappa shape index (κ2) is 3.35. The van der Waals surface area contributed by atoms with Crippen molar-refractivity contribution in [1.82, 2.24) is 0 Å². The summed E-state index contributed by atoms with van der Waals surface area (Å²) in [6, 6.07) is 5.36. The van der Waals surface area contributed by atoms with E-state index in [1.54, 1.807) is 25.3 Å². The lowest BCUT2D eigenvalue weighted by molar-refractivity contribution is 0.144. The predicted octanol–water partition coefficient (Wildman–Crippen LogP) is 2.02. The Morgan fingerprint density at radius 3 is 3.07 bits per heavy atom. The Hall–Kier alpha value is -1.48. The fourth-order valence-corrected chi connectivity index (χ4v) is 1.53. The van der Waals surface area contributed by atoms with Crippen molar-refractivity contribution in [3.63, 3.8) is 0 Å². The summed E-state index contributed by atoms with van der Waals surface area (Å²) in [6.07, 6.45) is -0.0958. The van der Waals surface area contributed by atoms with E-state index in [0.717, 1.165) is 11.3 Å². The minimum Gasteiger partial charge on any atom is -0.497 e. The first kappa shape index (κ1) is 9.09. The van der Waals surface area contributed by atoms with Crippen molar-refractivity contribution in [3.8, 4) is 11.5 Å². The summed E-state index contributed by atoms with van der Waals surface area (Å²) >= 11 is 0. The van der Waals surface area contributed by atoms with Crippen molar-refractivity contribution in [1.29, 1.82) is 0 Å². The highest BCUT2D eigenvalue weighted by atomic mass is 16.5. The van der Waals surface area contributed by atoms with E-state index in [9.17, 15) is 5.11 Å². The fraction of sp³-hybridized carbons (Fsp3) is 0.273. The molecule has 0 saturated carbocycles. The molecule has 1 aromatic rings. The van der Waals surface area contributed by atoms with Crippen LogP contribution in [0.5, 0.6) is 11.5 Å². The van der Waals surface area contributed by atoms with Crippen LogP contribution in [0.1, 0.15) is 18.1 Å². The summed E-state index contributed by atoms with van der Waals surface area (Å²) in [5, 5.41) is 9.76. The molecule has 3 nitrogen and oxygen atoms in total. The minimum atomic E-state index is -0.540. The lowest BCUT2D eigenvalue weighted by Gasteiger charge is -2.23. The first-order valence-electron chi connectivity index (χ1n) is 4.42. The van der Waals surface area contributed by atoms with Gasteiger partial charge in [0.25, 0.3) is 0 Å². The standard InChI is InChI=1S/C11H12O3/c1-7-5-10(12)9-6-8(13-2)3-4-11(9)14-7/h3-4,6,10,12H,1,5H2,2H3. The molecule has 0 aliphatic carbocycles. The normalized spacial score (nSPS) is 19.9. The van der Waals surface area contributed by atoms with E-state index >= 15 is 0 Å². The number of aliphatic hydroxyl groups excluding tert-OH is 1. The molecule has 0 spiro atoms. The van der Waals surface area contributed by atoms with Crippen LogP contribution in [0.3, 0.4) is 0 Å². The van der Waals surface area contributed by atoms with Crippen LogP contribution in [0.25, 0.3) is 0 Å². The molecule has 0 fully saturated rings. The third kappa shape index (κ3) is 1.46. The van der Waals surface area contributed by atoms with Gasteiger partial charge in [-0.3, -0.25) is 0 Å². The fourth-order valence-electron chi connectivity index (χ4n) is 1.53. The number of benzene rings is 1. The molecule has 1 aromatic carbocycles. The van der Waals surface area contributed by atoms with Gasteiger partial charge in [-0.2, -0.15) is 0 Å². The minimum absolute atomic E-state index is 0.445. The number of methoxy groups -OCH3 is 1. The van der Waals surface area contributed by atoms with Gasteiger partial charge in [0.1, 0.15) is 11.5 Å². The lowest BCUT2D eigenvalue weighted by Crippen LogP contribution is -2.11. The topological polar surface area (TPSA) is 38.7 Å².